The lowest BCUT2D eigenvalue weighted by Gasteiger charge is -2.38. The summed E-state index contributed by atoms with van der Waals surface area (Å²) in [5, 5.41) is 0.551. The van der Waals surface area contributed by atoms with E-state index in [4.69, 9.17) is 18.6 Å². The van der Waals surface area contributed by atoms with Crippen LogP contribution in [0.1, 0.15) is 35.5 Å². The number of thioether (sulfide) groups is 1. The summed E-state index contributed by atoms with van der Waals surface area (Å²) in [5.41, 5.74) is 1.43. The minimum absolute atomic E-state index is 0.0831. The SMILES string of the molecule is COCCOC(=O)C1=C(C)N=C2SCCC(=O)N2[C@@H]1c1ccc(OC(=O)c2ccco2)cc1. The van der Waals surface area contributed by atoms with Crippen LogP contribution in [0.4, 0.5) is 0 Å². The molecule has 0 unspecified atom stereocenters. The first kappa shape index (κ1) is 22.8. The predicted octanol–water partition coefficient (Wildman–Crippen LogP) is 3.34. The van der Waals surface area contributed by atoms with Gasteiger partial charge in [-0.1, -0.05) is 23.9 Å². The van der Waals surface area contributed by atoms with E-state index >= 15 is 0 Å². The number of rotatable bonds is 7. The van der Waals surface area contributed by atoms with Gasteiger partial charge >= 0.3 is 11.9 Å². The number of hydrogen-bond donors (Lipinski definition) is 0. The monoisotopic (exact) mass is 470 g/mol. The zero-order valence-electron chi connectivity index (χ0n) is 18.1. The van der Waals surface area contributed by atoms with Crippen molar-refractivity contribution in [3.63, 3.8) is 0 Å². The van der Waals surface area contributed by atoms with Gasteiger partial charge in [0, 0.05) is 19.3 Å². The van der Waals surface area contributed by atoms with Crippen molar-refractivity contribution in [1.29, 1.82) is 0 Å². The number of benzene rings is 1. The Labute approximate surface area is 194 Å². The van der Waals surface area contributed by atoms with Gasteiger partial charge in [0.25, 0.3) is 0 Å². The maximum Gasteiger partial charge on any atom is 0.379 e. The molecule has 10 heteroatoms. The van der Waals surface area contributed by atoms with Gasteiger partial charge in [0.1, 0.15) is 12.4 Å². The summed E-state index contributed by atoms with van der Waals surface area (Å²) in [7, 11) is 1.52. The standard InChI is InChI=1S/C23H22N2O7S/c1-14-19(22(28)31-12-11-29-2)20(25-18(26)9-13-33-23(25)24-14)15-5-7-16(8-6-15)32-21(27)17-4-3-10-30-17/h3-8,10,20H,9,11-13H2,1-2H3/t20-/m1/s1. The van der Waals surface area contributed by atoms with Gasteiger partial charge in [-0.3, -0.25) is 9.69 Å². The Bertz CT molecular complexity index is 1110. The van der Waals surface area contributed by atoms with Gasteiger partial charge in [-0.25, -0.2) is 14.6 Å². The number of amidine groups is 1. The number of ether oxygens (including phenoxy) is 3. The molecule has 0 saturated carbocycles. The van der Waals surface area contributed by atoms with Crippen LogP contribution in [-0.4, -0.2) is 54.0 Å². The molecule has 1 aromatic carbocycles. The molecule has 0 bridgehead atoms. The van der Waals surface area contributed by atoms with E-state index in [9.17, 15) is 14.4 Å². The highest BCUT2D eigenvalue weighted by molar-refractivity contribution is 8.14. The number of esters is 2. The van der Waals surface area contributed by atoms with E-state index in [-0.39, 0.29) is 30.5 Å². The third-order valence-corrected chi connectivity index (χ3v) is 6.03. The molecule has 2 aliphatic rings. The first-order valence-corrected chi connectivity index (χ1v) is 11.2. The number of nitrogens with zero attached hydrogens (tertiary/aromatic N) is 2. The Balaban J connectivity index is 1.64. The summed E-state index contributed by atoms with van der Waals surface area (Å²) >= 11 is 1.47. The fraction of sp³-hybridized carbons (Fsp3) is 0.304. The van der Waals surface area contributed by atoms with Crippen LogP contribution in [0.5, 0.6) is 5.75 Å². The Hall–Kier alpha value is -3.37. The number of carbonyl (C=O) groups is 3. The van der Waals surface area contributed by atoms with Crippen LogP contribution in [-0.2, 0) is 19.1 Å². The molecule has 9 nitrogen and oxygen atoms in total. The van der Waals surface area contributed by atoms with Crippen LogP contribution < -0.4 is 4.74 Å². The van der Waals surface area contributed by atoms with Crippen molar-refractivity contribution in [2.75, 3.05) is 26.1 Å². The highest BCUT2D eigenvalue weighted by Gasteiger charge is 2.41. The molecule has 0 aliphatic carbocycles. The molecule has 1 aromatic heterocycles. The van der Waals surface area contributed by atoms with Crippen molar-refractivity contribution < 1.29 is 33.0 Å². The molecule has 0 spiro atoms. The van der Waals surface area contributed by atoms with Crippen LogP contribution >= 0.6 is 11.8 Å². The average Bonchev–Trinajstić information content (AvgIpc) is 3.34. The van der Waals surface area contributed by atoms with Gasteiger partial charge < -0.3 is 18.6 Å². The molecule has 0 radical (unpaired) electrons. The van der Waals surface area contributed by atoms with Crippen molar-refractivity contribution >= 4 is 34.8 Å². The zero-order valence-corrected chi connectivity index (χ0v) is 18.9. The lowest BCUT2D eigenvalue weighted by molar-refractivity contribution is -0.141. The fourth-order valence-electron chi connectivity index (χ4n) is 3.54. The van der Waals surface area contributed by atoms with Gasteiger partial charge in [0.15, 0.2) is 5.17 Å². The van der Waals surface area contributed by atoms with E-state index in [1.165, 1.54) is 36.1 Å². The van der Waals surface area contributed by atoms with Gasteiger partial charge in [0.05, 0.1) is 30.2 Å². The molecule has 0 N–H and O–H groups in total. The number of aliphatic imine (C=N–C) groups is 1. The molecule has 4 rings (SSSR count). The van der Waals surface area contributed by atoms with Crippen molar-refractivity contribution in [1.82, 2.24) is 4.90 Å². The highest BCUT2D eigenvalue weighted by Crippen LogP contribution is 2.40. The quantitative estimate of drug-likeness (QED) is 0.345. The van der Waals surface area contributed by atoms with Crippen molar-refractivity contribution in [3.8, 4) is 5.75 Å². The summed E-state index contributed by atoms with van der Waals surface area (Å²) in [6.45, 7) is 2.06. The van der Waals surface area contributed by atoms with Crippen LogP contribution in [0, 0.1) is 0 Å². The maximum atomic E-state index is 13.0. The van der Waals surface area contributed by atoms with Gasteiger partial charge in [0.2, 0.25) is 11.7 Å². The minimum atomic E-state index is -0.706. The molecule has 33 heavy (non-hydrogen) atoms. The van der Waals surface area contributed by atoms with E-state index in [2.05, 4.69) is 4.99 Å². The summed E-state index contributed by atoms with van der Waals surface area (Å²) in [5.74, 6) is -0.296. The fourth-order valence-corrected chi connectivity index (χ4v) is 4.55. The summed E-state index contributed by atoms with van der Waals surface area (Å²) in [6, 6.07) is 9.02. The van der Waals surface area contributed by atoms with E-state index in [1.807, 2.05) is 0 Å². The molecule has 1 atom stereocenters. The molecule has 2 aromatic rings. The Kier molecular flexibility index (Phi) is 6.95. The van der Waals surface area contributed by atoms with Crippen molar-refractivity contribution in [2.24, 2.45) is 4.99 Å². The third-order valence-electron chi connectivity index (χ3n) is 5.08. The molecular weight excluding hydrogens is 448 g/mol. The number of allylic oxidation sites excluding steroid dienone is 1. The topological polar surface area (TPSA) is 108 Å². The number of amides is 1. The molecule has 172 valence electrons. The second kappa shape index (κ2) is 10.1. The van der Waals surface area contributed by atoms with Gasteiger partial charge in [-0.2, -0.15) is 0 Å². The van der Waals surface area contributed by atoms with E-state index in [0.717, 1.165) is 0 Å². The molecule has 3 heterocycles. The molecule has 1 amide bonds. The van der Waals surface area contributed by atoms with Crippen molar-refractivity contribution in [2.45, 2.75) is 19.4 Å². The van der Waals surface area contributed by atoms with Gasteiger partial charge in [-0.05, 0) is 36.8 Å². The van der Waals surface area contributed by atoms with Crippen LogP contribution in [0.2, 0.25) is 0 Å². The number of fused-ring (bicyclic) bond motifs is 1. The molecule has 1 saturated heterocycles. The van der Waals surface area contributed by atoms with E-state index < -0.39 is 18.0 Å². The van der Waals surface area contributed by atoms with E-state index in [1.54, 1.807) is 37.3 Å². The summed E-state index contributed by atoms with van der Waals surface area (Å²) in [4.78, 5) is 44.0. The molecule has 2 aliphatic heterocycles. The highest BCUT2D eigenvalue weighted by atomic mass is 32.2. The number of methoxy groups -OCH3 is 1. The normalized spacial score (nSPS) is 18.0. The lowest BCUT2D eigenvalue weighted by atomic mass is 9.94. The second-order valence-electron chi connectivity index (χ2n) is 7.22. The van der Waals surface area contributed by atoms with E-state index in [0.29, 0.717) is 34.4 Å². The Morgan fingerprint density at radius 3 is 2.67 bits per heavy atom. The Morgan fingerprint density at radius 1 is 1.18 bits per heavy atom. The first-order chi connectivity index (χ1) is 16.0. The largest absolute Gasteiger partial charge is 0.460 e. The smallest absolute Gasteiger partial charge is 0.379 e. The van der Waals surface area contributed by atoms with Crippen molar-refractivity contribution in [3.05, 3.63) is 65.3 Å². The number of carbonyl (C=O) groups excluding carboxylic acids is 3. The summed E-state index contributed by atoms with van der Waals surface area (Å²) < 4.78 is 20.7. The number of hydrogen-bond acceptors (Lipinski definition) is 9. The Morgan fingerprint density at radius 2 is 1.97 bits per heavy atom. The van der Waals surface area contributed by atoms with Crippen LogP contribution in [0.25, 0.3) is 0 Å². The number of furan rings is 1. The third kappa shape index (κ3) is 4.86. The van der Waals surface area contributed by atoms with Crippen LogP contribution in [0.15, 0.2) is 63.3 Å². The zero-order chi connectivity index (χ0) is 23.4. The summed E-state index contributed by atoms with van der Waals surface area (Å²) in [6.07, 6.45) is 1.72. The van der Waals surface area contributed by atoms with Gasteiger partial charge in [-0.15, -0.1) is 0 Å². The average molecular weight is 471 g/mol. The maximum absolute atomic E-state index is 13.0. The minimum Gasteiger partial charge on any atom is -0.460 e. The second-order valence-corrected chi connectivity index (χ2v) is 8.28. The first-order valence-electron chi connectivity index (χ1n) is 10.3. The lowest BCUT2D eigenvalue weighted by Crippen LogP contribution is -2.45. The van der Waals surface area contributed by atoms with Crippen LogP contribution in [0.3, 0.4) is 0 Å². The molecular formula is C23H22N2O7S. The predicted molar refractivity (Wildman–Crippen MR) is 120 cm³/mol. The molecule has 1 fully saturated rings.